The van der Waals surface area contributed by atoms with Gasteiger partial charge in [-0.1, -0.05) is 0 Å². The van der Waals surface area contributed by atoms with Crippen LogP contribution in [0.15, 0.2) is 0 Å². The van der Waals surface area contributed by atoms with E-state index in [0.29, 0.717) is 0 Å². The van der Waals surface area contributed by atoms with Gasteiger partial charge in [-0.3, -0.25) is 4.79 Å². The van der Waals surface area contributed by atoms with Crippen molar-refractivity contribution in [2.24, 2.45) is 0 Å². The maximum Gasteiger partial charge on any atom is 0.322 e. The smallest absolute Gasteiger partial charge is 0.322 e. The summed E-state index contributed by atoms with van der Waals surface area (Å²) in [5, 5.41) is 11.6. The normalized spacial score (nSPS) is 12.5. The summed E-state index contributed by atoms with van der Waals surface area (Å²) in [7, 11) is 1.39. The van der Waals surface area contributed by atoms with E-state index < -0.39 is 0 Å². The molecule has 0 amide bonds. The van der Waals surface area contributed by atoms with Gasteiger partial charge in [0.1, 0.15) is 6.04 Å². The first-order valence-electron chi connectivity index (χ1n) is 4.72. The number of ether oxygens (including phenoxy) is 1. The molecule has 0 fully saturated rings. The van der Waals surface area contributed by atoms with Crippen molar-refractivity contribution in [3.8, 4) is 0 Å². The van der Waals surface area contributed by atoms with E-state index in [2.05, 4.69) is 10.1 Å². The van der Waals surface area contributed by atoms with Gasteiger partial charge in [0.15, 0.2) is 0 Å². The number of hydrogen-bond donors (Lipinski definition) is 2. The van der Waals surface area contributed by atoms with Gasteiger partial charge in [0, 0.05) is 18.9 Å². The van der Waals surface area contributed by atoms with E-state index >= 15 is 0 Å². The van der Waals surface area contributed by atoms with E-state index in [0.717, 1.165) is 24.5 Å². The number of carbonyl (C=O) groups is 1. The molecule has 0 spiro atoms. The molecule has 0 aromatic carbocycles. The van der Waals surface area contributed by atoms with Gasteiger partial charge in [0.25, 0.3) is 0 Å². The molecule has 0 rings (SSSR count). The summed E-state index contributed by atoms with van der Waals surface area (Å²) in [6.07, 6.45) is 0.831. The molecule has 14 heavy (non-hydrogen) atoms. The highest BCUT2D eigenvalue weighted by Gasteiger charge is 2.10. The van der Waals surface area contributed by atoms with E-state index in [1.54, 1.807) is 18.7 Å². The topological polar surface area (TPSA) is 58.6 Å². The van der Waals surface area contributed by atoms with E-state index in [9.17, 15) is 4.79 Å². The SMILES string of the molecule is COC(=O)C(C)NCCSCCCO. The molecule has 4 nitrogen and oxygen atoms in total. The van der Waals surface area contributed by atoms with Crippen molar-refractivity contribution in [3.05, 3.63) is 0 Å². The Labute approximate surface area is 89.4 Å². The minimum Gasteiger partial charge on any atom is -0.468 e. The fraction of sp³-hybridized carbons (Fsp3) is 0.889. The van der Waals surface area contributed by atoms with Crippen LogP contribution in [0.4, 0.5) is 0 Å². The molecule has 1 unspecified atom stereocenters. The largest absolute Gasteiger partial charge is 0.468 e. The second-order valence-electron chi connectivity index (χ2n) is 2.89. The molecule has 0 bridgehead atoms. The Kier molecular flexibility index (Phi) is 9.13. The van der Waals surface area contributed by atoms with Gasteiger partial charge < -0.3 is 15.2 Å². The van der Waals surface area contributed by atoms with Crippen molar-refractivity contribution in [1.29, 1.82) is 0 Å². The predicted molar refractivity (Wildman–Crippen MR) is 58.5 cm³/mol. The highest BCUT2D eigenvalue weighted by molar-refractivity contribution is 7.99. The molecule has 0 aromatic heterocycles. The zero-order chi connectivity index (χ0) is 10.8. The van der Waals surface area contributed by atoms with Crippen molar-refractivity contribution < 1.29 is 14.6 Å². The molecule has 2 N–H and O–H groups in total. The van der Waals surface area contributed by atoms with Crippen LogP contribution in [0.2, 0.25) is 0 Å². The minimum absolute atomic E-state index is 0.231. The monoisotopic (exact) mass is 221 g/mol. The standard InChI is InChI=1S/C9H19NO3S/c1-8(9(12)13-2)10-4-7-14-6-3-5-11/h8,10-11H,3-7H2,1-2H3. The molecule has 0 aliphatic rings. The molecular formula is C9H19NO3S. The summed E-state index contributed by atoms with van der Waals surface area (Å²) >= 11 is 1.76. The van der Waals surface area contributed by atoms with Crippen molar-refractivity contribution in [2.75, 3.05) is 31.8 Å². The van der Waals surface area contributed by atoms with Crippen molar-refractivity contribution in [3.63, 3.8) is 0 Å². The molecular weight excluding hydrogens is 202 g/mol. The summed E-state index contributed by atoms with van der Waals surface area (Å²) in [5.41, 5.74) is 0. The second-order valence-corrected chi connectivity index (χ2v) is 4.11. The maximum atomic E-state index is 11.0. The number of thioether (sulfide) groups is 1. The molecule has 0 radical (unpaired) electrons. The third kappa shape index (κ3) is 7.17. The lowest BCUT2D eigenvalue weighted by Gasteiger charge is -2.10. The lowest BCUT2D eigenvalue weighted by Crippen LogP contribution is -2.36. The van der Waals surface area contributed by atoms with Gasteiger partial charge in [-0.05, 0) is 19.1 Å². The highest BCUT2D eigenvalue weighted by Crippen LogP contribution is 2.00. The maximum absolute atomic E-state index is 11.0. The molecule has 5 heteroatoms. The van der Waals surface area contributed by atoms with Crippen LogP contribution in [0.3, 0.4) is 0 Å². The van der Waals surface area contributed by atoms with Crippen LogP contribution in [-0.4, -0.2) is 48.9 Å². The van der Waals surface area contributed by atoms with Crippen molar-refractivity contribution in [2.45, 2.75) is 19.4 Å². The Morgan fingerprint density at radius 2 is 2.29 bits per heavy atom. The summed E-state index contributed by atoms with van der Waals surface area (Å²) in [4.78, 5) is 11.0. The lowest BCUT2D eigenvalue weighted by atomic mass is 10.3. The van der Waals surface area contributed by atoms with Crippen LogP contribution in [0, 0.1) is 0 Å². The Bertz CT molecular complexity index is 155. The quantitative estimate of drug-likeness (QED) is 0.454. The first-order valence-corrected chi connectivity index (χ1v) is 5.87. The van der Waals surface area contributed by atoms with E-state index in [4.69, 9.17) is 5.11 Å². The number of aliphatic hydroxyl groups excluding tert-OH is 1. The van der Waals surface area contributed by atoms with Gasteiger partial charge in [0.05, 0.1) is 7.11 Å². The third-order valence-electron chi connectivity index (χ3n) is 1.70. The number of nitrogens with one attached hydrogen (secondary N) is 1. The lowest BCUT2D eigenvalue weighted by molar-refractivity contribution is -0.142. The van der Waals surface area contributed by atoms with E-state index in [1.807, 2.05) is 0 Å². The molecule has 0 aliphatic carbocycles. The predicted octanol–water partition coefficient (Wildman–Crippen LogP) is 0.253. The fourth-order valence-corrected chi connectivity index (χ4v) is 1.68. The van der Waals surface area contributed by atoms with Crippen LogP contribution >= 0.6 is 11.8 Å². The molecule has 0 heterocycles. The molecule has 0 saturated carbocycles. The Hall–Kier alpha value is -0.260. The average Bonchev–Trinajstić information content (AvgIpc) is 2.21. The van der Waals surface area contributed by atoms with Crippen LogP contribution in [0.1, 0.15) is 13.3 Å². The summed E-state index contributed by atoms with van der Waals surface area (Å²) < 4.78 is 4.57. The summed E-state index contributed by atoms with van der Waals surface area (Å²) in [6.45, 7) is 2.82. The number of methoxy groups -OCH3 is 1. The number of carbonyl (C=O) groups excluding carboxylic acids is 1. The van der Waals surface area contributed by atoms with E-state index in [-0.39, 0.29) is 18.6 Å². The van der Waals surface area contributed by atoms with Crippen molar-refractivity contribution >= 4 is 17.7 Å². The Morgan fingerprint density at radius 1 is 1.57 bits per heavy atom. The number of esters is 1. The Morgan fingerprint density at radius 3 is 2.86 bits per heavy atom. The van der Waals surface area contributed by atoms with Gasteiger partial charge >= 0.3 is 5.97 Å². The second kappa shape index (κ2) is 9.30. The van der Waals surface area contributed by atoms with Gasteiger partial charge in [0.2, 0.25) is 0 Å². The van der Waals surface area contributed by atoms with Crippen LogP contribution in [0.25, 0.3) is 0 Å². The van der Waals surface area contributed by atoms with Gasteiger partial charge in [-0.2, -0.15) is 11.8 Å². The average molecular weight is 221 g/mol. The van der Waals surface area contributed by atoms with Crippen molar-refractivity contribution in [1.82, 2.24) is 5.32 Å². The highest BCUT2D eigenvalue weighted by atomic mass is 32.2. The van der Waals surface area contributed by atoms with E-state index in [1.165, 1.54) is 7.11 Å². The first-order chi connectivity index (χ1) is 6.72. The molecule has 1 atom stereocenters. The molecule has 0 aromatic rings. The minimum atomic E-state index is -0.238. The summed E-state index contributed by atoms with van der Waals surface area (Å²) in [5.74, 6) is 1.68. The first kappa shape index (κ1) is 13.7. The fourth-order valence-electron chi connectivity index (χ4n) is 0.876. The molecule has 0 saturated heterocycles. The zero-order valence-electron chi connectivity index (χ0n) is 8.78. The third-order valence-corrected chi connectivity index (χ3v) is 2.77. The van der Waals surface area contributed by atoms with Crippen LogP contribution in [-0.2, 0) is 9.53 Å². The zero-order valence-corrected chi connectivity index (χ0v) is 9.60. The number of rotatable bonds is 8. The number of hydrogen-bond acceptors (Lipinski definition) is 5. The summed E-state index contributed by atoms with van der Waals surface area (Å²) in [6, 6.07) is -0.238. The van der Waals surface area contributed by atoms with Gasteiger partial charge in [-0.25, -0.2) is 0 Å². The van der Waals surface area contributed by atoms with Gasteiger partial charge in [-0.15, -0.1) is 0 Å². The molecule has 0 aliphatic heterocycles. The van der Waals surface area contributed by atoms with Crippen LogP contribution < -0.4 is 5.32 Å². The molecule has 84 valence electrons. The Balaban J connectivity index is 3.23. The van der Waals surface area contributed by atoms with Crippen LogP contribution in [0.5, 0.6) is 0 Å². The number of aliphatic hydroxyl groups is 1.